The summed E-state index contributed by atoms with van der Waals surface area (Å²) in [6.07, 6.45) is 0. The quantitative estimate of drug-likeness (QED) is 0.738. The van der Waals surface area contributed by atoms with Crippen molar-refractivity contribution < 1.29 is 4.39 Å². The molecule has 0 unspecified atom stereocenters. The highest BCUT2D eigenvalue weighted by molar-refractivity contribution is 6.30. The molecule has 0 saturated heterocycles. The van der Waals surface area contributed by atoms with Crippen LogP contribution in [0.3, 0.4) is 0 Å². The van der Waals surface area contributed by atoms with E-state index in [9.17, 15) is 4.39 Å². The number of rotatable bonds is 4. The molecule has 5 nitrogen and oxygen atoms in total. The lowest BCUT2D eigenvalue weighted by atomic mass is 10.1. The number of hydrogen-bond acceptors (Lipinski definition) is 5. The maximum absolute atomic E-state index is 12.6. The normalized spacial score (nSPS) is 10.6. The molecule has 0 atom stereocenters. The first-order chi connectivity index (χ1) is 11.5. The van der Waals surface area contributed by atoms with Crippen LogP contribution in [0.4, 0.5) is 22.0 Å². The fraction of sp³-hybridized carbons (Fsp3) is 0.118. The Bertz CT molecular complexity index is 867. The molecule has 2 aromatic carbocycles. The molecule has 0 aliphatic carbocycles. The predicted octanol–water partition coefficient (Wildman–Crippen LogP) is 4.30. The summed E-state index contributed by atoms with van der Waals surface area (Å²) in [5.41, 5.74) is 8.89. The van der Waals surface area contributed by atoms with Gasteiger partial charge in [0, 0.05) is 16.3 Å². The second kappa shape index (κ2) is 6.80. The first-order valence-electron chi connectivity index (χ1n) is 7.25. The summed E-state index contributed by atoms with van der Waals surface area (Å²) in [7, 11) is 0. The lowest BCUT2D eigenvalue weighted by Gasteiger charge is -2.09. The molecule has 7 heteroatoms. The SMILES string of the molecule is Cc1ccc(Cl)cc1-c1nc(N)nc(Nc2ccc(CF)cc2)n1. The lowest BCUT2D eigenvalue weighted by Crippen LogP contribution is -2.05. The number of alkyl halides is 1. The third-order valence-electron chi connectivity index (χ3n) is 3.46. The highest BCUT2D eigenvalue weighted by Gasteiger charge is 2.10. The average Bonchev–Trinajstić information content (AvgIpc) is 2.57. The first kappa shape index (κ1) is 16.1. The van der Waals surface area contributed by atoms with E-state index in [0.717, 1.165) is 16.8 Å². The van der Waals surface area contributed by atoms with Gasteiger partial charge in [0.15, 0.2) is 5.82 Å². The van der Waals surface area contributed by atoms with Crippen molar-refractivity contribution in [1.82, 2.24) is 15.0 Å². The maximum Gasteiger partial charge on any atom is 0.232 e. The van der Waals surface area contributed by atoms with Gasteiger partial charge in [0.2, 0.25) is 11.9 Å². The Hall–Kier alpha value is -2.73. The Balaban J connectivity index is 1.95. The first-order valence-corrected chi connectivity index (χ1v) is 7.63. The van der Waals surface area contributed by atoms with E-state index in [4.69, 9.17) is 17.3 Å². The Morgan fingerprint density at radius 2 is 1.83 bits per heavy atom. The number of nitrogens with zero attached hydrogens (tertiary/aromatic N) is 3. The lowest BCUT2D eigenvalue weighted by molar-refractivity contribution is 0.485. The van der Waals surface area contributed by atoms with Gasteiger partial charge in [-0.25, -0.2) is 4.39 Å². The second-order valence-electron chi connectivity index (χ2n) is 5.26. The van der Waals surface area contributed by atoms with Crippen molar-refractivity contribution in [3.05, 3.63) is 58.6 Å². The van der Waals surface area contributed by atoms with Gasteiger partial charge in [0.1, 0.15) is 6.67 Å². The van der Waals surface area contributed by atoms with E-state index in [2.05, 4.69) is 20.3 Å². The van der Waals surface area contributed by atoms with E-state index < -0.39 is 6.67 Å². The molecule has 0 aliphatic rings. The Morgan fingerprint density at radius 3 is 2.54 bits per heavy atom. The Morgan fingerprint density at radius 1 is 1.08 bits per heavy atom. The largest absolute Gasteiger partial charge is 0.368 e. The van der Waals surface area contributed by atoms with Crippen molar-refractivity contribution in [2.24, 2.45) is 0 Å². The van der Waals surface area contributed by atoms with Gasteiger partial charge >= 0.3 is 0 Å². The molecule has 3 aromatic rings. The van der Waals surface area contributed by atoms with Gasteiger partial charge in [-0.2, -0.15) is 15.0 Å². The molecule has 0 radical (unpaired) electrons. The zero-order valence-electron chi connectivity index (χ0n) is 12.9. The number of benzene rings is 2. The Kier molecular flexibility index (Phi) is 4.57. The van der Waals surface area contributed by atoms with Crippen LogP contribution in [0.2, 0.25) is 5.02 Å². The van der Waals surface area contributed by atoms with E-state index in [-0.39, 0.29) is 5.95 Å². The monoisotopic (exact) mass is 343 g/mol. The molecule has 1 aromatic heterocycles. The zero-order valence-corrected chi connectivity index (χ0v) is 13.7. The van der Waals surface area contributed by atoms with Crippen LogP contribution >= 0.6 is 11.6 Å². The average molecular weight is 344 g/mol. The molecule has 0 spiro atoms. The summed E-state index contributed by atoms with van der Waals surface area (Å²) in [4.78, 5) is 12.7. The number of aryl methyl sites for hydroxylation is 1. The third-order valence-corrected chi connectivity index (χ3v) is 3.69. The predicted molar refractivity (Wildman–Crippen MR) is 94.0 cm³/mol. The van der Waals surface area contributed by atoms with E-state index in [1.165, 1.54) is 0 Å². The minimum Gasteiger partial charge on any atom is -0.368 e. The van der Waals surface area contributed by atoms with Crippen molar-refractivity contribution in [2.75, 3.05) is 11.1 Å². The summed E-state index contributed by atoms with van der Waals surface area (Å²) in [6, 6.07) is 12.4. The summed E-state index contributed by atoms with van der Waals surface area (Å²) in [5.74, 6) is 0.845. The summed E-state index contributed by atoms with van der Waals surface area (Å²) >= 11 is 6.06. The van der Waals surface area contributed by atoms with Crippen LogP contribution in [0.5, 0.6) is 0 Å². The van der Waals surface area contributed by atoms with Crippen molar-refractivity contribution in [3.8, 4) is 11.4 Å². The highest BCUT2D eigenvalue weighted by atomic mass is 35.5. The molecule has 0 bridgehead atoms. The number of nitrogens with two attached hydrogens (primary N) is 1. The van der Waals surface area contributed by atoms with Gasteiger partial charge in [0.05, 0.1) is 0 Å². The number of nitrogen functional groups attached to an aromatic ring is 1. The van der Waals surface area contributed by atoms with Crippen LogP contribution in [0, 0.1) is 6.92 Å². The number of anilines is 3. The standard InChI is InChI=1S/C17H15ClFN5/c1-10-2-5-12(18)8-14(10)15-22-16(20)24-17(23-15)21-13-6-3-11(9-19)4-7-13/h2-8H,9H2,1H3,(H3,20,21,22,23,24). The van der Waals surface area contributed by atoms with Gasteiger partial charge in [0.25, 0.3) is 0 Å². The molecule has 1 heterocycles. The number of halogens is 2. The van der Waals surface area contributed by atoms with Crippen LogP contribution in [0.15, 0.2) is 42.5 Å². The summed E-state index contributed by atoms with van der Waals surface area (Å²) < 4.78 is 12.6. The molecular weight excluding hydrogens is 329 g/mol. The molecule has 3 N–H and O–H groups in total. The van der Waals surface area contributed by atoms with Crippen LogP contribution in [0.25, 0.3) is 11.4 Å². The van der Waals surface area contributed by atoms with Crippen molar-refractivity contribution in [3.63, 3.8) is 0 Å². The van der Waals surface area contributed by atoms with E-state index in [0.29, 0.717) is 22.4 Å². The van der Waals surface area contributed by atoms with Crippen molar-refractivity contribution in [2.45, 2.75) is 13.6 Å². The molecule has 0 amide bonds. The molecule has 3 rings (SSSR count). The van der Waals surface area contributed by atoms with Crippen LogP contribution in [0.1, 0.15) is 11.1 Å². The van der Waals surface area contributed by atoms with Gasteiger partial charge < -0.3 is 11.1 Å². The van der Waals surface area contributed by atoms with Gasteiger partial charge in [-0.15, -0.1) is 0 Å². The topological polar surface area (TPSA) is 76.7 Å². The summed E-state index contributed by atoms with van der Waals surface area (Å²) in [6.45, 7) is 1.44. The third kappa shape index (κ3) is 3.60. The van der Waals surface area contributed by atoms with Crippen molar-refractivity contribution >= 4 is 29.2 Å². The zero-order chi connectivity index (χ0) is 17.1. The van der Waals surface area contributed by atoms with E-state index in [1.807, 2.05) is 13.0 Å². The molecule has 0 saturated carbocycles. The molecule has 24 heavy (non-hydrogen) atoms. The highest BCUT2D eigenvalue weighted by Crippen LogP contribution is 2.25. The minimum absolute atomic E-state index is 0.0993. The number of nitrogens with one attached hydrogen (secondary N) is 1. The smallest absolute Gasteiger partial charge is 0.232 e. The second-order valence-corrected chi connectivity index (χ2v) is 5.69. The molecule has 0 aliphatic heterocycles. The minimum atomic E-state index is -0.503. The van der Waals surface area contributed by atoms with E-state index in [1.54, 1.807) is 36.4 Å². The Labute approximate surface area is 143 Å². The summed E-state index contributed by atoms with van der Waals surface area (Å²) in [5, 5.41) is 3.63. The molecule has 0 fully saturated rings. The van der Waals surface area contributed by atoms with Gasteiger partial charge in [-0.1, -0.05) is 29.8 Å². The van der Waals surface area contributed by atoms with Gasteiger partial charge in [-0.3, -0.25) is 0 Å². The molecule has 122 valence electrons. The van der Waals surface area contributed by atoms with Crippen molar-refractivity contribution in [1.29, 1.82) is 0 Å². The van der Waals surface area contributed by atoms with Crippen LogP contribution < -0.4 is 11.1 Å². The van der Waals surface area contributed by atoms with Gasteiger partial charge in [-0.05, 0) is 42.3 Å². The fourth-order valence-electron chi connectivity index (χ4n) is 2.21. The fourth-order valence-corrected chi connectivity index (χ4v) is 2.38. The number of hydrogen-bond donors (Lipinski definition) is 2. The van der Waals surface area contributed by atoms with E-state index >= 15 is 0 Å². The maximum atomic E-state index is 12.6. The molecular formula is C17H15ClFN5. The van der Waals surface area contributed by atoms with Crippen LogP contribution in [-0.2, 0) is 6.67 Å². The number of aromatic nitrogens is 3. The van der Waals surface area contributed by atoms with Crippen LogP contribution in [-0.4, -0.2) is 15.0 Å².